The largest absolute Gasteiger partial charge is 0.300 e. The lowest BCUT2D eigenvalue weighted by atomic mass is 10.2. The van der Waals surface area contributed by atoms with Crippen LogP contribution in [0.25, 0.3) is 0 Å². The number of hydrogen-bond acceptors (Lipinski definition) is 4. The second kappa shape index (κ2) is 3.49. The lowest BCUT2D eigenvalue weighted by Crippen LogP contribution is -2.46. The average molecular weight is 158 g/mol. The zero-order valence-corrected chi connectivity index (χ0v) is 6.58. The van der Waals surface area contributed by atoms with E-state index in [2.05, 4.69) is 5.48 Å². The first-order chi connectivity index (χ1) is 5.47. The van der Waals surface area contributed by atoms with Gasteiger partial charge in [-0.1, -0.05) is 0 Å². The molecule has 1 atom stereocenters. The fourth-order valence-electron chi connectivity index (χ4n) is 1.48. The van der Waals surface area contributed by atoms with Crippen LogP contribution in [0.5, 0.6) is 0 Å². The van der Waals surface area contributed by atoms with Crippen molar-refractivity contribution in [3.63, 3.8) is 0 Å². The quantitative estimate of drug-likeness (QED) is 0.593. The van der Waals surface area contributed by atoms with Crippen molar-refractivity contribution in [2.75, 3.05) is 19.8 Å². The van der Waals surface area contributed by atoms with Gasteiger partial charge >= 0.3 is 0 Å². The van der Waals surface area contributed by atoms with Gasteiger partial charge < -0.3 is 4.84 Å². The first-order valence-electron chi connectivity index (χ1n) is 4.24. The minimum atomic E-state index is 0.284. The Kier molecular flexibility index (Phi) is 2.38. The highest BCUT2D eigenvalue weighted by Gasteiger charge is 2.24. The molecular weight excluding hydrogens is 144 g/mol. The van der Waals surface area contributed by atoms with E-state index in [9.17, 15) is 0 Å². The zero-order chi connectivity index (χ0) is 7.52. The van der Waals surface area contributed by atoms with Crippen LogP contribution >= 0.6 is 0 Å². The van der Waals surface area contributed by atoms with Gasteiger partial charge in [-0.25, -0.2) is 0 Å². The third-order valence-corrected chi connectivity index (χ3v) is 2.07. The maximum Gasteiger partial charge on any atom is 0.108 e. The highest BCUT2D eigenvalue weighted by atomic mass is 16.7. The molecule has 0 aromatic heterocycles. The second-order valence-electron chi connectivity index (χ2n) is 2.95. The van der Waals surface area contributed by atoms with Crippen molar-refractivity contribution in [2.24, 2.45) is 0 Å². The Morgan fingerprint density at radius 3 is 2.91 bits per heavy atom. The third-order valence-electron chi connectivity index (χ3n) is 2.07. The van der Waals surface area contributed by atoms with Gasteiger partial charge in [0.25, 0.3) is 0 Å². The van der Waals surface area contributed by atoms with Crippen molar-refractivity contribution in [1.29, 1.82) is 0 Å². The summed E-state index contributed by atoms with van der Waals surface area (Å²) in [7, 11) is 0. The molecule has 64 valence electrons. The number of nitrogens with one attached hydrogen (secondary N) is 1. The highest BCUT2D eigenvalue weighted by Crippen LogP contribution is 2.14. The number of nitrogens with zero attached hydrogens (tertiary/aromatic N) is 1. The number of rotatable bonds is 1. The van der Waals surface area contributed by atoms with Crippen LogP contribution in [-0.4, -0.2) is 31.0 Å². The van der Waals surface area contributed by atoms with Gasteiger partial charge in [0.15, 0.2) is 0 Å². The molecule has 0 amide bonds. The van der Waals surface area contributed by atoms with Crippen LogP contribution in [0.4, 0.5) is 0 Å². The van der Waals surface area contributed by atoms with Gasteiger partial charge in [0, 0.05) is 6.54 Å². The van der Waals surface area contributed by atoms with E-state index in [1.807, 2.05) is 5.06 Å². The fourth-order valence-corrected chi connectivity index (χ4v) is 1.48. The molecule has 4 nitrogen and oxygen atoms in total. The monoisotopic (exact) mass is 158 g/mol. The van der Waals surface area contributed by atoms with Gasteiger partial charge in [0.05, 0.1) is 13.2 Å². The normalized spacial score (nSPS) is 34.4. The molecule has 2 aliphatic heterocycles. The van der Waals surface area contributed by atoms with E-state index >= 15 is 0 Å². The van der Waals surface area contributed by atoms with Crippen LogP contribution in [0.3, 0.4) is 0 Å². The van der Waals surface area contributed by atoms with Gasteiger partial charge in [0.1, 0.15) is 6.17 Å². The summed E-state index contributed by atoms with van der Waals surface area (Å²) >= 11 is 0. The Hall–Kier alpha value is -0.160. The molecule has 0 saturated carbocycles. The molecule has 0 aromatic rings. The summed E-state index contributed by atoms with van der Waals surface area (Å²) in [6, 6.07) is 0. The van der Waals surface area contributed by atoms with Crippen molar-refractivity contribution in [3.8, 4) is 0 Å². The van der Waals surface area contributed by atoms with Gasteiger partial charge in [0.2, 0.25) is 0 Å². The maximum absolute atomic E-state index is 5.38. The molecule has 2 fully saturated rings. The predicted octanol–water partition coefficient (Wildman–Crippen LogP) is 0.265. The van der Waals surface area contributed by atoms with E-state index in [1.54, 1.807) is 0 Å². The summed E-state index contributed by atoms with van der Waals surface area (Å²) < 4.78 is 0. The van der Waals surface area contributed by atoms with Crippen LogP contribution in [0.2, 0.25) is 0 Å². The molecule has 11 heavy (non-hydrogen) atoms. The summed E-state index contributed by atoms with van der Waals surface area (Å²) in [5.74, 6) is 0. The Morgan fingerprint density at radius 2 is 2.27 bits per heavy atom. The molecule has 2 aliphatic rings. The van der Waals surface area contributed by atoms with E-state index in [-0.39, 0.29) is 6.17 Å². The fraction of sp³-hybridized carbons (Fsp3) is 1.00. The molecule has 1 unspecified atom stereocenters. The first kappa shape index (κ1) is 7.49. The minimum Gasteiger partial charge on any atom is -0.300 e. The van der Waals surface area contributed by atoms with Gasteiger partial charge in [-0.05, 0) is 19.3 Å². The van der Waals surface area contributed by atoms with E-state index in [4.69, 9.17) is 9.68 Å². The summed E-state index contributed by atoms with van der Waals surface area (Å²) in [5, 5.41) is 1.99. The van der Waals surface area contributed by atoms with Crippen LogP contribution in [0.1, 0.15) is 19.3 Å². The molecule has 0 radical (unpaired) electrons. The molecule has 0 bridgehead atoms. The van der Waals surface area contributed by atoms with Crippen LogP contribution in [0, 0.1) is 0 Å². The van der Waals surface area contributed by atoms with Crippen molar-refractivity contribution < 1.29 is 9.68 Å². The molecule has 0 aliphatic carbocycles. The van der Waals surface area contributed by atoms with Crippen molar-refractivity contribution in [2.45, 2.75) is 25.4 Å². The van der Waals surface area contributed by atoms with E-state index in [1.165, 1.54) is 0 Å². The molecular formula is C7H14N2O2. The summed E-state index contributed by atoms with van der Waals surface area (Å²) in [5.41, 5.74) is 2.96. The topological polar surface area (TPSA) is 33.7 Å². The lowest BCUT2D eigenvalue weighted by molar-refractivity contribution is -0.197. The van der Waals surface area contributed by atoms with Gasteiger partial charge in [-0.15, -0.1) is 0 Å². The molecule has 1 N–H and O–H groups in total. The summed E-state index contributed by atoms with van der Waals surface area (Å²) in [6.07, 6.45) is 3.67. The molecule has 0 spiro atoms. The van der Waals surface area contributed by atoms with E-state index < -0.39 is 0 Å². The number of hydroxylamine groups is 3. The molecule has 4 heteroatoms. The van der Waals surface area contributed by atoms with Crippen molar-refractivity contribution >= 4 is 0 Å². The zero-order valence-electron chi connectivity index (χ0n) is 6.58. The van der Waals surface area contributed by atoms with Crippen LogP contribution < -0.4 is 5.48 Å². The molecule has 2 saturated heterocycles. The third kappa shape index (κ3) is 1.70. The Labute approximate surface area is 66.4 Å². The Morgan fingerprint density at radius 1 is 1.27 bits per heavy atom. The maximum atomic E-state index is 5.38. The average Bonchev–Trinajstić information content (AvgIpc) is 2.58. The van der Waals surface area contributed by atoms with Crippen molar-refractivity contribution in [3.05, 3.63) is 0 Å². The van der Waals surface area contributed by atoms with E-state index in [0.29, 0.717) is 0 Å². The van der Waals surface area contributed by atoms with Gasteiger partial charge in [-0.2, -0.15) is 10.5 Å². The van der Waals surface area contributed by atoms with Crippen LogP contribution in [0.15, 0.2) is 0 Å². The second-order valence-corrected chi connectivity index (χ2v) is 2.95. The van der Waals surface area contributed by atoms with Gasteiger partial charge in [-0.3, -0.25) is 4.84 Å². The predicted molar refractivity (Wildman–Crippen MR) is 39.4 cm³/mol. The highest BCUT2D eigenvalue weighted by molar-refractivity contribution is 4.65. The summed E-state index contributed by atoms with van der Waals surface area (Å²) in [4.78, 5) is 10.5. The SMILES string of the molecule is C1CONC(N2CCCO2)C1. The molecule has 2 heterocycles. The lowest BCUT2D eigenvalue weighted by Gasteiger charge is -2.29. The minimum absolute atomic E-state index is 0.284. The van der Waals surface area contributed by atoms with Crippen LogP contribution in [-0.2, 0) is 9.68 Å². The smallest absolute Gasteiger partial charge is 0.108 e. The Bertz CT molecular complexity index is 120. The van der Waals surface area contributed by atoms with E-state index in [0.717, 1.165) is 39.0 Å². The molecule has 2 rings (SSSR count). The summed E-state index contributed by atoms with van der Waals surface area (Å²) in [6.45, 7) is 2.71. The number of hydrogen-bond donors (Lipinski definition) is 1. The first-order valence-corrected chi connectivity index (χ1v) is 4.24. The molecule has 0 aromatic carbocycles. The van der Waals surface area contributed by atoms with Crippen molar-refractivity contribution in [1.82, 2.24) is 10.5 Å². The Balaban J connectivity index is 1.82. The standard InChI is InChI=1S/C7H14N2O2/c1-3-7(8-10-5-1)9-4-2-6-11-9/h7-8H,1-6H2.